The van der Waals surface area contributed by atoms with Gasteiger partial charge in [0.15, 0.2) is 0 Å². The molecule has 1 fully saturated rings. The summed E-state index contributed by atoms with van der Waals surface area (Å²) < 4.78 is 32.6. The molecule has 0 bridgehead atoms. The summed E-state index contributed by atoms with van der Waals surface area (Å²) >= 11 is 0. The molecule has 2 aliphatic rings. The molecule has 9 heteroatoms. The third-order valence-electron chi connectivity index (χ3n) is 5.12. The van der Waals surface area contributed by atoms with E-state index in [1.165, 1.54) is 0 Å². The fourth-order valence-electron chi connectivity index (χ4n) is 4.14. The van der Waals surface area contributed by atoms with E-state index in [9.17, 15) is 13.4 Å². The molecule has 3 heterocycles. The maximum atomic E-state index is 12.1. The summed E-state index contributed by atoms with van der Waals surface area (Å²) in [5.41, 5.74) is 2.25. The molecular formula is C17H22BN3O4S. The minimum absolute atomic E-state index is 0.140. The van der Waals surface area contributed by atoms with Gasteiger partial charge in [-0.15, -0.1) is 0 Å². The molecular weight excluding hydrogens is 353 g/mol. The summed E-state index contributed by atoms with van der Waals surface area (Å²) in [6.45, 7) is 3.79. The zero-order chi connectivity index (χ0) is 18.5. The van der Waals surface area contributed by atoms with Crippen molar-refractivity contribution in [1.82, 2.24) is 14.7 Å². The Labute approximate surface area is 153 Å². The number of aromatic nitrogens is 2. The van der Waals surface area contributed by atoms with Crippen molar-refractivity contribution in [2.24, 2.45) is 5.92 Å². The fourth-order valence-corrected chi connectivity index (χ4v) is 5.70. The fraction of sp³-hybridized carbons (Fsp3) is 0.471. The lowest BCUT2D eigenvalue weighted by Crippen LogP contribution is -2.55. The third kappa shape index (κ3) is 3.04. The lowest BCUT2D eigenvalue weighted by atomic mass is 9.63. The molecule has 1 aliphatic carbocycles. The van der Waals surface area contributed by atoms with Crippen LogP contribution in [0.2, 0.25) is 0 Å². The highest BCUT2D eigenvalue weighted by Crippen LogP contribution is 2.49. The van der Waals surface area contributed by atoms with Crippen LogP contribution < -0.4 is 9.38 Å². The van der Waals surface area contributed by atoms with E-state index < -0.39 is 22.7 Å². The van der Waals surface area contributed by atoms with Crippen LogP contribution in [0.1, 0.15) is 38.7 Å². The minimum atomic E-state index is -3.26. The predicted octanol–water partition coefficient (Wildman–Crippen LogP) is 1.86. The van der Waals surface area contributed by atoms with Gasteiger partial charge in [0, 0.05) is 22.7 Å². The standard InChI is InChI=1S/C17H22BN3O4S/c1-3-6-26(23,24)21-17(2)7-11(8-17)13-9-18(22)25-14-10-20-16-12(15(13)14)4-5-19-16/h4-5,9-11,21-22H,3,6-8H2,1-2H3,(H,19,20). The number of aromatic amines is 1. The van der Waals surface area contributed by atoms with Crippen molar-refractivity contribution >= 4 is 33.7 Å². The molecule has 26 heavy (non-hydrogen) atoms. The van der Waals surface area contributed by atoms with Gasteiger partial charge in [-0.05, 0) is 49.7 Å². The van der Waals surface area contributed by atoms with Crippen LogP contribution in [0.3, 0.4) is 0 Å². The average molecular weight is 375 g/mol. The number of pyridine rings is 1. The molecule has 0 unspecified atom stereocenters. The van der Waals surface area contributed by atoms with Gasteiger partial charge < -0.3 is 14.7 Å². The Kier molecular flexibility index (Phi) is 4.13. The Balaban J connectivity index is 1.61. The van der Waals surface area contributed by atoms with Gasteiger partial charge >= 0.3 is 7.12 Å². The minimum Gasteiger partial charge on any atom is -0.531 e. The summed E-state index contributed by atoms with van der Waals surface area (Å²) in [6.07, 6.45) is 5.40. The Morgan fingerprint density at radius 1 is 1.50 bits per heavy atom. The summed E-state index contributed by atoms with van der Waals surface area (Å²) in [4.78, 5) is 7.40. The van der Waals surface area contributed by atoms with Crippen LogP contribution in [-0.2, 0) is 10.0 Å². The van der Waals surface area contributed by atoms with Crippen LogP contribution in [0.15, 0.2) is 24.4 Å². The molecule has 3 N–H and O–H groups in total. The summed E-state index contributed by atoms with van der Waals surface area (Å²) in [5.74, 6) is 2.57. The first kappa shape index (κ1) is 17.6. The van der Waals surface area contributed by atoms with E-state index >= 15 is 0 Å². The number of nitrogens with one attached hydrogen (secondary N) is 2. The van der Waals surface area contributed by atoms with Crippen molar-refractivity contribution in [3.05, 3.63) is 30.0 Å². The molecule has 0 spiro atoms. The molecule has 2 aromatic heterocycles. The van der Waals surface area contributed by atoms with Crippen LogP contribution >= 0.6 is 0 Å². The van der Waals surface area contributed by atoms with Gasteiger partial charge in [-0.2, -0.15) is 0 Å². The molecule has 2 aromatic rings. The normalized spacial score (nSPS) is 25.4. The maximum absolute atomic E-state index is 12.1. The molecule has 0 aromatic carbocycles. The largest absolute Gasteiger partial charge is 0.552 e. The second-order valence-electron chi connectivity index (χ2n) is 7.45. The number of nitrogens with zero attached hydrogens (tertiary/aromatic N) is 1. The maximum Gasteiger partial charge on any atom is 0.552 e. The summed E-state index contributed by atoms with van der Waals surface area (Å²) in [5, 5.41) is 11.0. The van der Waals surface area contributed by atoms with Gasteiger partial charge in [0.25, 0.3) is 0 Å². The second kappa shape index (κ2) is 6.11. The van der Waals surface area contributed by atoms with E-state index in [2.05, 4.69) is 14.7 Å². The zero-order valence-corrected chi connectivity index (χ0v) is 15.6. The average Bonchev–Trinajstić information content (AvgIpc) is 2.99. The third-order valence-corrected chi connectivity index (χ3v) is 6.87. The Bertz CT molecular complexity index is 979. The monoisotopic (exact) mass is 375 g/mol. The van der Waals surface area contributed by atoms with Crippen molar-refractivity contribution in [2.75, 3.05) is 5.75 Å². The van der Waals surface area contributed by atoms with Crippen LogP contribution in [0.4, 0.5) is 0 Å². The summed E-state index contributed by atoms with van der Waals surface area (Å²) in [6, 6.07) is 1.94. The highest BCUT2D eigenvalue weighted by molar-refractivity contribution is 7.89. The molecule has 0 radical (unpaired) electrons. The van der Waals surface area contributed by atoms with Crippen molar-refractivity contribution in [3.8, 4) is 5.75 Å². The molecule has 0 amide bonds. The number of allylic oxidation sites excluding steroid dienone is 1. The van der Waals surface area contributed by atoms with Crippen molar-refractivity contribution in [1.29, 1.82) is 0 Å². The first-order chi connectivity index (χ1) is 12.3. The smallest absolute Gasteiger partial charge is 0.531 e. The van der Waals surface area contributed by atoms with Crippen molar-refractivity contribution in [3.63, 3.8) is 0 Å². The van der Waals surface area contributed by atoms with Gasteiger partial charge in [0.1, 0.15) is 11.4 Å². The second-order valence-corrected chi connectivity index (χ2v) is 9.30. The summed E-state index contributed by atoms with van der Waals surface area (Å²) in [7, 11) is -4.27. The SMILES string of the molecule is CCCS(=O)(=O)NC1(C)CC(C2=CB(O)Oc3cnc4[nH]ccc4c32)C1. The van der Waals surface area contributed by atoms with Crippen LogP contribution in [0.5, 0.6) is 5.75 Å². The van der Waals surface area contributed by atoms with Crippen LogP contribution in [-0.4, -0.2) is 41.8 Å². The lowest BCUT2D eigenvalue weighted by Gasteiger charge is -2.47. The predicted molar refractivity (Wildman–Crippen MR) is 101 cm³/mol. The first-order valence-electron chi connectivity index (χ1n) is 8.85. The number of fused-ring (bicyclic) bond motifs is 3. The molecule has 4 rings (SSSR count). The topological polar surface area (TPSA) is 104 Å². The van der Waals surface area contributed by atoms with E-state index in [1.54, 1.807) is 12.2 Å². The molecule has 1 saturated carbocycles. The number of hydrogen-bond acceptors (Lipinski definition) is 5. The lowest BCUT2D eigenvalue weighted by molar-refractivity contribution is 0.192. The van der Waals surface area contributed by atoms with Crippen molar-refractivity contribution in [2.45, 2.75) is 38.6 Å². The van der Waals surface area contributed by atoms with Gasteiger partial charge in [-0.3, -0.25) is 0 Å². The zero-order valence-electron chi connectivity index (χ0n) is 14.8. The molecule has 1 aliphatic heterocycles. The van der Waals surface area contributed by atoms with E-state index in [4.69, 9.17) is 4.65 Å². The molecule has 138 valence electrons. The Hall–Kier alpha value is -1.84. The highest BCUT2D eigenvalue weighted by Gasteiger charge is 2.46. The van der Waals surface area contributed by atoms with E-state index in [-0.39, 0.29) is 11.7 Å². The molecule has 0 atom stereocenters. The Morgan fingerprint density at radius 2 is 2.27 bits per heavy atom. The van der Waals surface area contributed by atoms with E-state index in [0.717, 1.165) is 22.2 Å². The first-order valence-corrected chi connectivity index (χ1v) is 10.5. The van der Waals surface area contributed by atoms with E-state index in [1.807, 2.05) is 26.1 Å². The van der Waals surface area contributed by atoms with Crippen LogP contribution in [0, 0.1) is 5.92 Å². The van der Waals surface area contributed by atoms with Crippen LogP contribution in [0.25, 0.3) is 16.6 Å². The van der Waals surface area contributed by atoms with Gasteiger partial charge in [-0.1, -0.05) is 6.92 Å². The number of H-pyrrole nitrogens is 1. The molecule has 7 nitrogen and oxygen atoms in total. The molecule has 0 saturated heterocycles. The van der Waals surface area contributed by atoms with Gasteiger partial charge in [-0.25, -0.2) is 18.1 Å². The number of hydrogen-bond donors (Lipinski definition) is 3. The number of rotatable bonds is 5. The van der Waals surface area contributed by atoms with Gasteiger partial charge in [0.05, 0.1) is 11.9 Å². The highest BCUT2D eigenvalue weighted by atomic mass is 32.2. The quantitative estimate of drug-likeness (QED) is 0.692. The Morgan fingerprint density at radius 3 is 3.00 bits per heavy atom. The van der Waals surface area contributed by atoms with E-state index in [0.29, 0.717) is 25.0 Å². The van der Waals surface area contributed by atoms with Gasteiger partial charge in [0.2, 0.25) is 10.0 Å². The van der Waals surface area contributed by atoms with Crippen molar-refractivity contribution < 1.29 is 18.1 Å². The number of sulfonamides is 1.